The highest BCUT2D eigenvalue weighted by Gasteiger charge is 2.25. The van der Waals surface area contributed by atoms with E-state index in [1.807, 2.05) is 0 Å². The van der Waals surface area contributed by atoms with Gasteiger partial charge in [-0.25, -0.2) is 0 Å². The molecule has 0 bridgehead atoms. The molecule has 0 aliphatic heterocycles. The maximum Gasteiger partial charge on any atom is 0.0331 e. The lowest BCUT2D eigenvalue weighted by Gasteiger charge is -2.21. The minimum absolute atomic E-state index is 0.349. The molecule has 0 saturated heterocycles. The zero-order valence-corrected chi connectivity index (χ0v) is 14.5. The van der Waals surface area contributed by atoms with Crippen LogP contribution >= 0.6 is 31.9 Å². The molecule has 0 heterocycles. The lowest BCUT2D eigenvalue weighted by molar-refractivity contribution is 0.465. The molecule has 1 N–H and O–H groups in total. The minimum Gasteiger partial charge on any atom is -0.303 e. The van der Waals surface area contributed by atoms with Crippen LogP contribution in [0.2, 0.25) is 0 Å². The Kier molecular flexibility index (Phi) is 4.29. The lowest BCUT2D eigenvalue weighted by Crippen LogP contribution is -2.23. The van der Waals surface area contributed by atoms with Crippen molar-refractivity contribution in [2.75, 3.05) is 0 Å². The number of nitrogens with one attached hydrogen (secondary N) is 1. The molecule has 2 aromatic carbocycles. The van der Waals surface area contributed by atoms with Crippen LogP contribution in [0.5, 0.6) is 0 Å². The third-order valence-electron chi connectivity index (χ3n) is 4.01. The zero-order chi connectivity index (χ0) is 14.1. The number of benzene rings is 2. The van der Waals surface area contributed by atoms with Crippen molar-refractivity contribution in [2.45, 2.75) is 31.8 Å². The van der Waals surface area contributed by atoms with Crippen molar-refractivity contribution in [3.05, 3.63) is 68.1 Å². The van der Waals surface area contributed by atoms with E-state index in [2.05, 4.69) is 86.6 Å². The average molecular weight is 395 g/mol. The van der Waals surface area contributed by atoms with Gasteiger partial charge in [-0.15, -0.1) is 0 Å². The Balaban J connectivity index is 1.79. The summed E-state index contributed by atoms with van der Waals surface area (Å²) in [4.78, 5) is 0. The van der Waals surface area contributed by atoms with Crippen molar-refractivity contribution >= 4 is 31.9 Å². The molecule has 104 valence electrons. The molecule has 0 aromatic heterocycles. The largest absolute Gasteiger partial charge is 0.303 e. The Morgan fingerprint density at radius 3 is 2.75 bits per heavy atom. The van der Waals surface area contributed by atoms with Crippen molar-refractivity contribution in [1.29, 1.82) is 0 Å². The first kappa shape index (κ1) is 14.3. The van der Waals surface area contributed by atoms with E-state index < -0.39 is 0 Å². The van der Waals surface area contributed by atoms with E-state index in [1.54, 1.807) is 0 Å². The zero-order valence-electron chi connectivity index (χ0n) is 11.4. The molecule has 0 radical (unpaired) electrons. The first-order valence-electron chi connectivity index (χ1n) is 6.94. The van der Waals surface area contributed by atoms with Crippen molar-refractivity contribution < 1.29 is 0 Å². The molecule has 1 aliphatic carbocycles. The third-order valence-corrected chi connectivity index (χ3v) is 5.25. The van der Waals surface area contributed by atoms with Crippen LogP contribution in [0.3, 0.4) is 0 Å². The summed E-state index contributed by atoms with van der Waals surface area (Å²) in [5.41, 5.74) is 4.23. The van der Waals surface area contributed by atoms with Crippen molar-refractivity contribution in [3.8, 4) is 0 Å². The fraction of sp³-hybridized carbons (Fsp3) is 0.294. The normalized spacial score (nSPS) is 18.9. The first-order valence-corrected chi connectivity index (χ1v) is 8.52. The molecule has 0 saturated carbocycles. The molecule has 0 amide bonds. The van der Waals surface area contributed by atoms with Crippen LogP contribution < -0.4 is 5.32 Å². The number of hydrogen-bond donors (Lipinski definition) is 1. The Morgan fingerprint density at radius 2 is 1.95 bits per heavy atom. The molecule has 0 fully saturated rings. The summed E-state index contributed by atoms with van der Waals surface area (Å²) in [6, 6.07) is 15.9. The molecule has 0 spiro atoms. The summed E-state index contributed by atoms with van der Waals surface area (Å²) in [6.07, 6.45) is 2.33. The van der Waals surface area contributed by atoms with Crippen molar-refractivity contribution in [1.82, 2.24) is 5.32 Å². The second-order valence-electron chi connectivity index (χ2n) is 5.34. The Morgan fingerprint density at radius 1 is 1.15 bits per heavy atom. The SMILES string of the molecule is C[C@H](NC1CCc2c(Br)cccc21)c1cccc(Br)c1. The van der Waals surface area contributed by atoms with E-state index in [0.29, 0.717) is 12.1 Å². The molecule has 1 aliphatic rings. The highest BCUT2D eigenvalue weighted by atomic mass is 79.9. The monoisotopic (exact) mass is 393 g/mol. The fourth-order valence-electron chi connectivity index (χ4n) is 2.96. The van der Waals surface area contributed by atoms with Gasteiger partial charge in [0.05, 0.1) is 0 Å². The Hall–Kier alpha value is -0.640. The van der Waals surface area contributed by atoms with Gasteiger partial charge >= 0.3 is 0 Å². The van der Waals surface area contributed by atoms with Crippen LogP contribution in [-0.2, 0) is 6.42 Å². The molecule has 1 unspecified atom stereocenters. The standard InChI is InChI=1S/C17H17Br2N/c1-11(12-4-2-5-13(18)10-12)20-17-9-8-14-15(17)6-3-7-16(14)19/h2-7,10-11,17,20H,8-9H2,1H3/t11-,17?/m0/s1. The van der Waals surface area contributed by atoms with Gasteiger partial charge in [0.1, 0.15) is 0 Å². The summed E-state index contributed by atoms with van der Waals surface area (Å²) < 4.78 is 2.38. The van der Waals surface area contributed by atoms with Gasteiger partial charge in [0.15, 0.2) is 0 Å². The van der Waals surface area contributed by atoms with E-state index in [4.69, 9.17) is 0 Å². The van der Waals surface area contributed by atoms with E-state index in [0.717, 1.165) is 10.9 Å². The molecule has 1 nitrogen and oxygen atoms in total. The van der Waals surface area contributed by atoms with Crippen molar-refractivity contribution in [3.63, 3.8) is 0 Å². The topological polar surface area (TPSA) is 12.0 Å². The summed E-state index contributed by atoms with van der Waals surface area (Å²) in [6.45, 7) is 2.23. The second kappa shape index (κ2) is 6.00. The Bertz CT molecular complexity index is 624. The highest BCUT2D eigenvalue weighted by molar-refractivity contribution is 9.10. The molecule has 20 heavy (non-hydrogen) atoms. The second-order valence-corrected chi connectivity index (χ2v) is 7.11. The van der Waals surface area contributed by atoms with E-state index in [1.165, 1.54) is 27.6 Å². The number of halogens is 2. The molecular formula is C17H17Br2N. The Labute approximate surface area is 137 Å². The number of rotatable bonds is 3. The fourth-order valence-corrected chi connectivity index (χ4v) is 3.95. The molecular weight excluding hydrogens is 378 g/mol. The lowest BCUT2D eigenvalue weighted by atomic mass is 10.0. The first-order chi connectivity index (χ1) is 9.65. The van der Waals surface area contributed by atoms with Crippen LogP contribution in [0.4, 0.5) is 0 Å². The highest BCUT2D eigenvalue weighted by Crippen LogP contribution is 2.37. The van der Waals surface area contributed by atoms with Gasteiger partial charge in [-0.05, 0) is 54.7 Å². The van der Waals surface area contributed by atoms with Crippen LogP contribution in [-0.4, -0.2) is 0 Å². The maximum absolute atomic E-state index is 3.76. The minimum atomic E-state index is 0.349. The molecule has 3 rings (SSSR count). The third kappa shape index (κ3) is 2.85. The molecule has 2 aromatic rings. The van der Waals surface area contributed by atoms with E-state index in [-0.39, 0.29) is 0 Å². The smallest absolute Gasteiger partial charge is 0.0331 e. The van der Waals surface area contributed by atoms with E-state index >= 15 is 0 Å². The van der Waals surface area contributed by atoms with Crippen LogP contribution in [0.15, 0.2) is 51.4 Å². The van der Waals surface area contributed by atoms with Crippen LogP contribution in [0.25, 0.3) is 0 Å². The van der Waals surface area contributed by atoms with E-state index in [9.17, 15) is 0 Å². The number of fused-ring (bicyclic) bond motifs is 1. The van der Waals surface area contributed by atoms with Gasteiger partial charge in [-0.3, -0.25) is 0 Å². The van der Waals surface area contributed by atoms with Crippen LogP contribution in [0, 0.1) is 0 Å². The predicted octanol–water partition coefficient (Wildman–Crippen LogP) is 5.55. The molecule has 3 heteroatoms. The van der Waals surface area contributed by atoms with Crippen LogP contribution in [0.1, 0.15) is 42.1 Å². The van der Waals surface area contributed by atoms with Gasteiger partial charge in [0, 0.05) is 21.0 Å². The molecule has 2 atom stereocenters. The summed E-state index contributed by atoms with van der Waals surface area (Å²) in [7, 11) is 0. The van der Waals surface area contributed by atoms with Gasteiger partial charge < -0.3 is 5.32 Å². The van der Waals surface area contributed by atoms with Gasteiger partial charge in [-0.1, -0.05) is 56.1 Å². The predicted molar refractivity (Wildman–Crippen MR) is 90.9 cm³/mol. The summed E-state index contributed by atoms with van der Waals surface area (Å²) in [5.74, 6) is 0. The van der Waals surface area contributed by atoms with Gasteiger partial charge in [-0.2, -0.15) is 0 Å². The van der Waals surface area contributed by atoms with Gasteiger partial charge in [0.25, 0.3) is 0 Å². The van der Waals surface area contributed by atoms with Crippen molar-refractivity contribution in [2.24, 2.45) is 0 Å². The maximum atomic E-state index is 3.76. The number of hydrogen-bond acceptors (Lipinski definition) is 1. The average Bonchev–Trinajstić information content (AvgIpc) is 2.83. The van der Waals surface area contributed by atoms with Gasteiger partial charge in [0.2, 0.25) is 0 Å². The summed E-state index contributed by atoms with van der Waals surface area (Å²) in [5, 5.41) is 3.76. The quantitative estimate of drug-likeness (QED) is 0.719. The summed E-state index contributed by atoms with van der Waals surface area (Å²) >= 11 is 7.21.